The lowest BCUT2D eigenvalue weighted by molar-refractivity contribution is 0.0627. The van der Waals surface area contributed by atoms with Crippen molar-refractivity contribution in [3.05, 3.63) is 70.6 Å². The highest BCUT2D eigenvalue weighted by atomic mass is 35.5. The van der Waals surface area contributed by atoms with Crippen LogP contribution < -0.4 is 5.73 Å². The molecule has 0 unspecified atom stereocenters. The monoisotopic (exact) mass is 419 g/mol. The summed E-state index contributed by atoms with van der Waals surface area (Å²) < 4.78 is 1.95. The Hall–Kier alpha value is -2.12. The SMILES string of the molecule is Cl.NCc1ccc(C(=O)N2CCN(Cc3cn4cc(Cl)ccc4n3)CC2)cc1. The molecule has 148 valence electrons. The van der Waals surface area contributed by atoms with Crippen molar-refractivity contribution >= 4 is 35.6 Å². The van der Waals surface area contributed by atoms with Crippen molar-refractivity contribution in [1.29, 1.82) is 0 Å². The van der Waals surface area contributed by atoms with E-state index in [0.717, 1.165) is 55.2 Å². The van der Waals surface area contributed by atoms with E-state index in [1.165, 1.54) is 0 Å². The first kappa shape index (κ1) is 20.6. The third kappa shape index (κ3) is 4.47. The largest absolute Gasteiger partial charge is 0.336 e. The van der Waals surface area contributed by atoms with Crippen LogP contribution in [0.2, 0.25) is 5.02 Å². The van der Waals surface area contributed by atoms with E-state index in [1.54, 1.807) is 0 Å². The molecule has 1 aliphatic rings. The molecule has 4 rings (SSSR count). The second-order valence-electron chi connectivity index (χ2n) is 6.81. The number of amides is 1. The fraction of sp³-hybridized carbons (Fsp3) is 0.300. The molecule has 0 saturated carbocycles. The number of fused-ring (bicyclic) bond motifs is 1. The van der Waals surface area contributed by atoms with Crippen LogP contribution in [0.15, 0.2) is 48.8 Å². The number of piperazine rings is 1. The number of hydrogen-bond donors (Lipinski definition) is 1. The standard InChI is InChI=1S/C20H22ClN5O.ClH/c21-17-5-6-19-23-18(14-26(19)12-17)13-24-7-9-25(10-8-24)20(27)16-3-1-15(11-22)2-4-16;/h1-6,12,14H,7-11,13,22H2;1H. The second-order valence-corrected chi connectivity index (χ2v) is 7.25. The molecule has 0 atom stereocenters. The molecule has 3 heterocycles. The lowest BCUT2D eigenvalue weighted by Crippen LogP contribution is -2.48. The number of nitrogens with zero attached hydrogens (tertiary/aromatic N) is 4. The summed E-state index contributed by atoms with van der Waals surface area (Å²) in [6.45, 7) is 4.37. The van der Waals surface area contributed by atoms with Gasteiger partial charge in [0.2, 0.25) is 0 Å². The maximum Gasteiger partial charge on any atom is 0.253 e. The smallest absolute Gasteiger partial charge is 0.253 e. The fourth-order valence-corrected chi connectivity index (χ4v) is 3.57. The molecule has 1 aromatic carbocycles. The highest BCUT2D eigenvalue weighted by Crippen LogP contribution is 2.15. The van der Waals surface area contributed by atoms with E-state index in [1.807, 2.05) is 58.1 Å². The van der Waals surface area contributed by atoms with Crippen LogP contribution in [0.1, 0.15) is 21.6 Å². The molecule has 3 aromatic rings. The zero-order chi connectivity index (χ0) is 18.8. The second kappa shape index (κ2) is 8.92. The quantitative estimate of drug-likeness (QED) is 0.705. The summed E-state index contributed by atoms with van der Waals surface area (Å²) in [6.07, 6.45) is 3.87. The van der Waals surface area contributed by atoms with Gasteiger partial charge in [0.1, 0.15) is 5.65 Å². The van der Waals surface area contributed by atoms with E-state index in [2.05, 4.69) is 9.88 Å². The summed E-state index contributed by atoms with van der Waals surface area (Å²) in [5, 5.41) is 0.693. The van der Waals surface area contributed by atoms with Crippen molar-refractivity contribution in [2.75, 3.05) is 26.2 Å². The van der Waals surface area contributed by atoms with Crippen LogP contribution in [0, 0.1) is 0 Å². The minimum atomic E-state index is 0. The Morgan fingerprint density at radius 1 is 1.04 bits per heavy atom. The Balaban J connectivity index is 0.00000225. The van der Waals surface area contributed by atoms with Gasteiger partial charge in [-0.25, -0.2) is 4.98 Å². The van der Waals surface area contributed by atoms with Crippen molar-refractivity contribution in [2.45, 2.75) is 13.1 Å². The van der Waals surface area contributed by atoms with Gasteiger partial charge in [-0.3, -0.25) is 9.69 Å². The topological polar surface area (TPSA) is 66.9 Å². The summed E-state index contributed by atoms with van der Waals surface area (Å²) in [6, 6.07) is 11.3. The van der Waals surface area contributed by atoms with Crippen LogP contribution in [0.3, 0.4) is 0 Å². The average Bonchev–Trinajstić information content (AvgIpc) is 3.09. The van der Waals surface area contributed by atoms with Crippen molar-refractivity contribution < 1.29 is 4.79 Å². The molecule has 1 fully saturated rings. The molecule has 1 saturated heterocycles. The molecular formula is C20H23Cl2N5O. The van der Waals surface area contributed by atoms with Crippen LogP contribution in [0.4, 0.5) is 0 Å². The molecule has 0 spiro atoms. The molecule has 1 aliphatic heterocycles. The van der Waals surface area contributed by atoms with E-state index in [-0.39, 0.29) is 18.3 Å². The lowest BCUT2D eigenvalue weighted by atomic mass is 10.1. The minimum Gasteiger partial charge on any atom is -0.336 e. The van der Waals surface area contributed by atoms with Gasteiger partial charge < -0.3 is 15.0 Å². The first-order valence-corrected chi connectivity index (χ1v) is 9.44. The number of pyridine rings is 1. The minimum absolute atomic E-state index is 0. The molecule has 0 radical (unpaired) electrons. The zero-order valence-electron chi connectivity index (χ0n) is 15.4. The summed E-state index contributed by atoms with van der Waals surface area (Å²) in [4.78, 5) is 21.5. The van der Waals surface area contributed by atoms with Gasteiger partial charge in [0.05, 0.1) is 10.7 Å². The van der Waals surface area contributed by atoms with Crippen molar-refractivity contribution in [3.63, 3.8) is 0 Å². The first-order chi connectivity index (χ1) is 13.1. The van der Waals surface area contributed by atoms with Gasteiger partial charge in [-0.05, 0) is 29.8 Å². The zero-order valence-corrected chi connectivity index (χ0v) is 17.0. The fourth-order valence-electron chi connectivity index (χ4n) is 3.40. The van der Waals surface area contributed by atoms with Crippen molar-refractivity contribution in [1.82, 2.24) is 19.2 Å². The molecule has 28 heavy (non-hydrogen) atoms. The maximum absolute atomic E-state index is 12.7. The van der Waals surface area contributed by atoms with E-state index in [9.17, 15) is 4.79 Å². The highest BCUT2D eigenvalue weighted by Gasteiger charge is 2.22. The summed E-state index contributed by atoms with van der Waals surface area (Å²) in [5.74, 6) is 0.0839. The number of nitrogens with two attached hydrogens (primary N) is 1. The van der Waals surface area contributed by atoms with E-state index >= 15 is 0 Å². The van der Waals surface area contributed by atoms with Crippen LogP contribution in [0.5, 0.6) is 0 Å². The third-order valence-corrected chi connectivity index (χ3v) is 5.17. The Morgan fingerprint density at radius 3 is 2.43 bits per heavy atom. The highest BCUT2D eigenvalue weighted by molar-refractivity contribution is 6.30. The predicted molar refractivity (Wildman–Crippen MR) is 113 cm³/mol. The Morgan fingerprint density at radius 2 is 1.75 bits per heavy atom. The predicted octanol–water partition coefficient (Wildman–Crippen LogP) is 2.83. The molecule has 6 nitrogen and oxygen atoms in total. The van der Waals surface area contributed by atoms with Gasteiger partial charge in [0, 0.05) is 57.2 Å². The average molecular weight is 420 g/mol. The van der Waals surface area contributed by atoms with Crippen LogP contribution in [-0.4, -0.2) is 51.3 Å². The molecular weight excluding hydrogens is 397 g/mol. The lowest BCUT2D eigenvalue weighted by Gasteiger charge is -2.34. The van der Waals surface area contributed by atoms with E-state index in [0.29, 0.717) is 11.6 Å². The molecule has 0 aliphatic carbocycles. The number of benzene rings is 1. The Labute approximate surface area is 175 Å². The molecule has 0 bridgehead atoms. The van der Waals surface area contributed by atoms with Gasteiger partial charge in [-0.1, -0.05) is 23.7 Å². The van der Waals surface area contributed by atoms with Gasteiger partial charge in [0.15, 0.2) is 0 Å². The van der Waals surface area contributed by atoms with E-state index < -0.39 is 0 Å². The Bertz CT molecular complexity index is 949. The number of halogens is 2. The number of carbonyl (C=O) groups excluding carboxylic acids is 1. The summed E-state index contributed by atoms with van der Waals surface area (Å²) in [7, 11) is 0. The molecule has 1 amide bonds. The Kier molecular flexibility index (Phi) is 6.57. The van der Waals surface area contributed by atoms with Crippen LogP contribution >= 0.6 is 24.0 Å². The van der Waals surface area contributed by atoms with Crippen molar-refractivity contribution in [3.8, 4) is 0 Å². The van der Waals surface area contributed by atoms with Gasteiger partial charge >= 0.3 is 0 Å². The van der Waals surface area contributed by atoms with Gasteiger partial charge in [-0.2, -0.15) is 0 Å². The number of aromatic nitrogens is 2. The normalized spacial score (nSPS) is 14.9. The van der Waals surface area contributed by atoms with Crippen molar-refractivity contribution in [2.24, 2.45) is 5.73 Å². The van der Waals surface area contributed by atoms with E-state index in [4.69, 9.17) is 17.3 Å². The van der Waals surface area contributed by atoms with Gasteiger partial charge in [-0.15, -0.1) is 12.4 Å². The molecule has 8 heteroatoms. The number of rotatable bonds is 4. The number of hydrogen-bond acceptors (Lipinski definition) is 4. The maximum atomic E-state index is 12.7. The summed E-state index contributed by atoms with van der Waals surface area (Å²) >= 11 is 6.03. The third-order valence-electron chi connectivity index (χ3n) is 4.95. The number of imidazole rings is 1. The first-order valence-electron chi connectivity index (χ1n) is 9.06. The van der Waals surface area contributed by atoms with Crippen LogP contribution in [-0.2, 0) is 13.1 Å². The molecule has 2 N–H and O–H groups in total. The van der Waals surface area contributed by atoms with Gasteiger partial charge in [0.25, 0.3) is 5.91 Å². The van der Waals surface area contributed by atoms with Crippen LogP contribution in [0.25, 0.3) is 5.65 Å². The molecule has 2 aromatic heterocycles. The summed E-state index contributed by atoms with van der Waals surface area (Å²) in [5.41, 5.74) is 9.27. The number of carbonyl (C=O) groups is 1.